The van der Waals surface area contributed by atoms with Gasteiger partial charge in [0.1, 0.15) is 0 Å². The van der Waals surface area contributed by atoms with E-state index in [1.807, 2.05) is 59.5 Å². The van der Waals surface area contributed by atoms with Crippen LogP contribution in [0.15, 0.2) is 70.0 Å². The zero-order valence-corrected chi connectivity index (χ0v) is 13.7. The minimum atomic E-state index is -0.108. The average Bonchev–Trinajstić information content (AvgIpc) is 3.16. The zero-order valence-electron chi connectivity index (χ0n) is 12.1. The molecule has 3 aromatic rings. The van der Waals surface area contributed by atoms with Crippen molar-refractivity contribution < 1.29 is 0 Å². The van der Waals surface area contributed by atoms with Crippen molar-refractivity contribution in [1.82, 2.24) is 9.97 Å². The molecule has 4 rings (SSSR count). The number of para-hydroxylation sites is 3. The summed E-state index contributed by atoms with van der Waals surface area (Å²) in [5.41, 5.74) is 3.02. The normalized spacial score (nSPS) is 17.3. The van der Waals surface area contributed by atoms with Gasteiger partial charge in [-0.1, -0.05) is 42.1 Å². The molecule has 0 radical (unpaired) electrons. The van der Waals surface area contributed by atoms with Gasteiger partial charge in [-0.15, -0.1) is 5.11 Å². The molecule has 1 aliphatic heterocycles. The molecule has 114 valence electrons. The van der Waals surface area contributed by atoms with Gasteiger partial charge < -0.3 is 4.98 Å². The molecule has 1 N–H and O–H groups in total. The molecule has 0 spiro atoms. The summed E-state index contributed by atoms with van der Waals surface area (Å²) in [5.74, 6) is 0.721. The molecule has 0 saturated carbocycles. The van der Waals surface area contributed by atoms with Crippen LogP contribution in [0, 0.1) is 0 Å². The topological polar surface area (TPSA) is 56.6 Å². The Morgan fingerprint density at radius 1 is 1.09 bits per heavy atom. The van der Waals surface area contributed by atoms with Crippen LogP contribution >= 0.6 is 24.0 Å². The maximum Gasteiger partial charge on any atom is 0.222 e. The molecule has 0 aliphatic carbocycles. The van der Waals surface area contributed by atoms with Crippen molar-refractivity contribution in [3.05, 3.63) is 54.6 Å². The number of aromatic nitrogens is 2. The Morgan fingerprint density at radius 3 is 2.70 bits per heavy atom. The second-order valence-electron chi connectivity index (χ2n) is 5.05. The first-order valence-electron chi connectivity index (χ1n) is 7.18. The minimum Gasteiger partial charge on any atom is -0.333 e. The van der Waals surface area contributed by atoms with Crippen molar-refractivity contribution in [2.45, 2.75) is 11.3 Å². The van der Waals surface area contributed by atoms with Gasteiger partial charge in [0.25, 0.3) is 0 Å². The Kier molecular flexibility index (Phi) is 3.80. The number of thiocarbonyl (C=S) groups is 1. The fourth-order valence-corrected chi connectivity index (χ4v) is 3.62. The molecule has 0 bridgehead atoms. The number of nitrogens with zero attached hydrogens (tertiary/aromatic N) is 4. The summed E-state index contributed by atoms with van der Waals surface area (Å²) < 4.78 is 0. The Bertz CT molecular complexity index is 841. The fraction of sp³-hybridized carbons (Fsp3) is 0.125. The summed E-state index contributed by atoms with van der Waals surface area (Å²) in [6.07, 6.45) is -0.108. The van der Waals surface area contributed by atoms with Gasteiger partial charge in [0.05, 0.1) is 11.0 Å². The van der Waals surface area contributed by atoms with E-state index in [0.717, 1.165) is 27.6 Å². The van der Waals surface area contributed by atoms with E-state index >= 15 is 0 Å². The highest BCUT2D eigenvalue weighted by Crippen LogP contribution is 2.28. The third kappa shape index (κ3) is 2.85. The number of thioether (sulfide) groups is 1. The lowest BCUT2D eigenvalue weighted by Crippen LogP contribution is -2.34. The van der Waals surface area contributed by atoms with E-state index < -0.39 is 0 Å². The molecule has 0 fully saturated rings. The number of aromatic amines is 1. The van der Waals surface area contributed by atoms with Crippen LogP contribution in [-0.2, 0) is 0 Å². The van der Waals surface area contributed by atoms with Crippen LogP contribution in [0.4, 0.5) is 5.69 Å². The summed E-state index contributed by atoms with van der Waals surface area (Å²) in [6.45, 7) is 0. The Balaban J connectivity index is 1.51. The van der Waals surface area contributed by atoms with Crippen LogP contribution in [0.5, 0.6) is 0 Å². The predicted octanol–water partition coefficient (Wildman–Crippen LogP) is 4.24. The second kappa shape index (κ2) is 6.10. The zero-order chi connectivity index (χ0) is 15.6. The Morgan fingerprint density at radius 2 is 1.87 bits per heavy atom. The molecule has 2 heterocycles. The van der Waals surface area contributed by atoms with E-state index in [-0.39, 0.29) is 6.17 Å². The first kappa shape index (κ1) is 14.3. The maximum atomic E-state index is 5.32. The summed E-state index contributed by atoms with van der Waals surface area (Å²) >= 11 is 6.94. The number of benzene rings is 2. The molecule has 7 heteroatoms. The molecule has 0 saturated heterocycles. The molecular weight excluding hydrogens is 326 g/mol. The van der Waals surface area contributed by atoms with Crippen molar-refractivity contribution in [3.8, 4) is 0 Å². The number of hydrogen-bond donors (Lipinski definition) is 1. The van der Waals surface area contributed by atoms with Crippen LogP contribution in [0.1, 0.15) is 0 Å². The SMILES string of the molecule is S=C1N=NC(CSc2nc3ccccc3[nH]2)N1c1ccccc1. The largest absolute Gasteiger partial charge is 0.333 e. The number of rotatable bonds is 4. The van der Waals surface area contributed by atoms with E-state index in [4.69, 9.17) is 12.2 Å². The van der Waals surface area contributed by atoms with Crippen LogP contribution in [0.25, 0.3) is 11.0 Å². The second-order valence-corrected chi connectivity index (χ2v) is 6.43. The number of nitrogens with one attached hydrogen (secondary N) is 1. The first-order valence-corrected chi connectivity index (χ1v) is 8.57. The summed E-state index contributed by atoms with van der Waals surface area (Å²) in [5, 5.41) is 9.75. The van der Waals surface area contributed by atoms with Crippen molar-refractivity contribution in [2.24, 2.45) is 10.2 Å². The van der Waals surface area contributed by atoms with Gasteiger partial charge in [0.2, 0.25) is 5.11 Å². The Hall–Kier alpha value is -2.25. The van der Waals surface area contributed by atoms with E-state index in [1.54, 1.807) is 11.8 Å². The van der Waals surface area contributed by atoms with Gasteiger partial charge >= 0.3 is 0 Å². The highest BCUT2D eigenvalue weighted by molar-refractivity contribution is 7.99. The standard InChI is InChI=1S/C16H13N5S2/c22-16-20-19-14(21(16)11-6-2-1-3-7-11)10-23-15-17-12-8-4-5-9-13(12)18-15/h1-9,14H,10H2,(H,17,18). The number of anilines is 1. The fourth-order valence-electron chi connectivity index (χ4n) is 2.47. The monoisotopic (exact) mass is 339 g/mol. The van der Waals surface area contributed by atoms with E-state index in [1.165, 1.54) is 0 Å². The molecule has 23 heavy (non-hydrogen) atoms. The summed E-state index contributed by atoms with van der Waals surface area (Å²) in [6, 6.07) is 18.0. The van der Waals surface area contributed by atoms with Crippen molar-refractivity contribution in [2.75, 3.05) is 10.7 Å². The molecule has 1 aliphatic rings. The molecule has 5 nitrogen and oxygen atoms in total. The van der Waals surface area contributed by atoms with E-state index in [0.29, 0.717) is 5.11 Å². The lowest BCUT2D eigenvalue weighted by atomic mass is 10.3. The van der Waals surface area contributed by atoms with Crippen molar-refractivity contribution in [1.29, 1.82) is 0 Å². The molecule has 1 atom stereocenters. The molecule has 0 amide bonds. The number of hydrogen-bond acceptors (Lipinski definition) is 4. The molecule has 1 unspecified atom stereocenters. The van der Waals surface area contributed by atoms with Gasteiger partial charge in [-0.25, -0.2) is 4.98 Å². The van der Waals surface area contributed by atoms with Gasteiger partial charge in [-0.2, -0.15) is 5.11 Å². The quantitative estimate of drug-likeness (QED) is 0.570. The van der Waals surface area contributed by atoms with E-state index in [9.17, 15) is 0 Å². The molecular formula is C16H13N5S2. The Labute approximate surface area is 142 Å². The van der Waals surface area contributed by atoms with Crippen LogP contribution < -0.4 is 4.90 Å². The van der Waals surface area contributed by atoms with Gasteiger partial charge in [-0.3, -0.25) is 4.90 Å². The first-order chi connectivity index (χ1) is 11.3. The lowest BCUT2D eigenvalue weighted by molar-refractivity contribution is 0.790. The highest BCUT2D eigenvalue weighted by Gasteiger charge is 2.28. The van der Waals surface area contributed by atoms with Gasteiger partial charge in [0.15, 0.2) is 11.3 Å². The van der Waals surface area contributed by atoms with Crippen LogP contribution in [0.2, 0.25) is 0 Å². The van der Waals surface area contributed by atoms with Crippen LogP contribution in [0.3, 0.4) is 0 Å². The predicted molar refractivity (Wildman–Crippen MR) is 97.0 cm³/mol. The molecule has 1 aromatic heterocycles. The van der Waals surface area contributed by atoms with Gasteiger partial charge in [0, 0.05) is 11.4 Å². The van der Waals surface area contributed by atoms with Gasteiger partial charge in [-0.05, 0) is 36.5 Å². The summed E-state index contributed by atoms with van der Waals surface area (Å²) in [7, 11) is 0. The number of imidazole rings is 1. The van der Waals surface area contributed by atoms with Crippen molar-refractivity contribution in [3.63, 3.8) is 0 Å². The minimum absolute atomic E-state index is 0.108. The van der Waals surface area contributed by atoms with E-state index in [2.05, 4.69) is 20.2 Å². The van der Waals surface area contributed by atoms with Crippen molar-refractivity contribution >= 4 is 45.8 Å². The number of fused-ring (bicyclic) bond motifs is 1. The smallest absolute Gasteiger partial charge is 0.222 e. The highest BCUT2D eigenvalue weighted by atomic mass is 32.2. The van der Waals surface area contributed by atoms with Crippen LogP contribution in [-0.4, -0.2) is 27.0 Å². The molecule has 2 aromatic carbocycles. The third-order valence-electron chi connectivity index (χ3n) is 3.55. The lowest BCUT2D eigenvalue weighted by Gasteiger charge is -2.22. The maximum absolute atomic E-state index is 5.32. The third-order valence-corrected chi connectivity index (χ3v) is 4.76. The summed E-state index contributed by atoms with van der Waals surface area (Å²) in [4.78, 5) is 9.86. The number of azo groups is 1. The average molecular weight is 339 g/mol. The number of H-pyrrole nitrogens is 1.